The summed E-state index contributed by atoms with van der Waals surface area (Å²) in [6, 6.07) is 2.35. The molecule has 0 fully saturated rings. The maximum atomic E-state index is 12.5. The fourth-order valence-corrected chi connectivity index (χ4v) is 1.52. The number of hydrogen-bond donors (Lipinski definition) is 0. The summed E-state index contributed by atoms with van der Waals surface area (Å²) in [5.41, 5.74) is -3.33. The first-order chi connectivity index (χ1) is 7.77. The van der Waals surface area contributed by atoms with Crippen molar-refractivity contribution in [3.63, 3.8) is 0 Å². The lowest BCUT2D eigenvalue weighted by Gasteiger charge is -2.14. The van der Waals surface area contributed by atoms with E-state index in [1.165, 1.54) is 0 Å². The van der Waals surface area contributed by atoms with Crippen LogP contribution in [0, 0.1) is 11.3 Å². The largest absolute Gasteiger partial charge is 0.419 e. The molecule has 2 nitrogen and oxygen atoms in total. The van der Waals surface area contributed by atoms with E-state index in [0.29, 0.717) is 0 Å². The predicted molar refractivity (Wildman–Crippen MR) is 48.5 cm³/mol. The molecule has 0 N–H and O–H groups in total. The Balaban J connectivity index is 3.45. The highest BCUT2D eigenvalue weighted by atomic mass is 35.5. The Hall–Kier alpha value is -1.42. The molecule has 8 heteroatoms. The number of halogens is 6. The summed E-state index contributed by atoms with van der Waals surface area (Å²) in [4.78, 5) is 3.11. The summed E-state index contributed by atoms with van der Waals surface area (Å²) in [5.74, 6) is 0. The van der Waals surface area contributed by atoms with Crippen LogP contribution >= 0.6 is 11.6 Å². The van der Waals surface area contributed by atoms with Gasteiger partial charge in [0.15, 0.2) is 0 Å². The van der Waals surface area contributed by atoms with Crippen molar-refractivity contribution in [2.75, 3.05) is 0 Å². The van der Waals surface area contributed by atoms with Crippen LogP contribution in [0.4, 0.5) is 22.0 Å². The second-order valence-corrected chi connectivity index (χ2v) is 3.40. The van der Waals surface area contributed by atoms with Crippen LogP contribution in [0.2, 0.25) is 5.02 Å². The van der Waals surface area contributed by atoms with Crippen LogP contribution in [0.1, 0.15) is 23.4 Å². The van der Waals surface area contributed by atoms with Crippen molar-refractivity contribution < 1.29 is 22.0 Å². The van der Waals surface area contributed by atoms with Crippen LogP contribution < -0.4 is 0 Å². The number of alkyl halides is 5. The fraction of sp³-hybridized carbons (Fsp3) is 0.333. The third-order valence-corrected chi connectivity index (χ3v) is 2.10. The summed E-state index contributed by atoms with van der Waals surface area (Å²) in [5, 5.41) is 7.45. The Kier molecular flexibility index (Phi) is 3.88. The second-order valence-electron chi connectivity index (χ2n) is 2.99. The molecule has 0 saturated heterocycles. The molecule has 1 aromatic heterocycles. The maximum Gasteiger partial charge on any atom is 0.419 e. The molecule has 0 spiro atoms. The average molecular weight is 271 g/mol. The lowest BCUT2D eigenvalue weighted by molar-refractivity contribution is -0.139. The van der Waals surface area contributed by atoms with Gasteiger partial charge in [-0.25, -0.2) is 8.78 Å². The van der Waals surface area contributed by atoms with Crippen LogP contribution in [-0.2, 0) is 12.6 Å². The highest BCUT2D eigenvalue weighted by molar-refractivity contribution is 6.31. The van der Waals surface area contributed by atoms with Gasteiger partial charge in [-0.2, -0.15) is 18.4 Å². The monoisotopic (exact) mass is 270 g/mol. The zero-order valence-corrected chi connectivity index (χ0v) is 8.78. The highest BCUT2D eigenvalue weighted by Crippen LogP contribution is 2.40. The number of nitrogens with zero attached hydrogens (tertiary/aromatic N) is 2. The molecule has 0 aromatic carbocycles. The van der Waals surface area contributed by atoms with Crippen LogP contribution in [0.15, 0.2) is 6.07 Å². The Morgan fingerprint density at radius 1 is 1.41 bits per heavy atom. The van der Waals surface area contributed by atoms with Gasteiger partial charge in [-0.05, 0) is 6.07 Å². The molecule has 1 aromatic rings. The lowest BCUT2D eigenvalue weighted by Crippen LogP contribution is -2.13. The Morgan fingerprint density at radius 3 is 2.41 bits per heavy atom. The number of rotatable bonds is 2. The van der Waals surface area contributed by atoms with Crippen molar-refractivity contribution >= 4 is 11.6 Å². The molecule has 1 rings (SSSR count). The minimum absolute atomic E-state index is 0.221. The predicted octanol–water partition coefficient (Wildman–Crippen LogP) is 3.76. The molecule has 0 saturated carbocycles. The van der Waals surface area contributed by atoms with Crippen molar-refractivity contribution in [1.82, 2.24) is 4.98 Å². The number of aromatic nitrogens is 1. The summed E-state index contributed by atoms with van der Waals surface area (Å²) in [7, 11) is 0. The first-order valence-electron chi connectivity index (χ1n) is 4.19. The number of nitriles is 1. The van der Waals surface area contributed by atoms with Gasteiger partial charge in [0.25, 0.3) is 6.43 Å². The molecular weight excluding hydrogens is 267 g/mol. The third kappa shape index (κ3) is 3.03. The van der Waals surface area contributed by atoms with Gasteiger partial charge in [0.05, 0.1) is 23.2 Å². The summed E-state index contributed by atoms with van der Waals surface area (Å²) in [6.45, 7) is 0. The van der Waals surface area contributed by atoms with E-state index in [-0.39, 0.29) is 5.69 Å². The normalized spacial score (nSPS) is 11.6. The summed E-state index contributed by atoms with van der Waals surface area (Å²) >= 11 is 5.30. The van der Waals surface area contributed by atoms with Gasteiger partial charge in [-0.3, -0.25) is 4.98 Å². The SMILES string of the molecule is N#CCc1cc(Cl)c(C(F)(F)F)c(C(F)F)n1. The zero-order valence-electron chi connectivity index (χ0n) is 8.02. The van der Waals surface area contributed by atoms with Crippen molar-refractivity contribution in [3.8, 4) is 6.07 Å². The van der Waals surface area contributed by atoms with Gasteiger partial charge in [0, 0.05) is 0 Å². The van der Waals surface area contributed by atoms with Crippen LogP contribution in [0.5, 0.6) is 0 Å². The third-order valence-electron chi connectivity index (χ3n) is 1.80. The topological polar surface area (TPSA) is 36.7 Å². The molecule has 0 atom stereocenters. The van der Waals surface area contributed by atoms with E-state index < -0.39 is 35.3 Å². The second kappa shape index (κ2) is 4.84. The van der Waals surface area contributed by atoms with Gasteiger partial charge in [-0.15, -0.1) is 0 Å². The van der Waals surface area contributed by atoms with Crippen molar-refractivity contribution in [2.24, 2.45) is 0 Å². The molecule has 0 radical (unpaired) electrons. The van der Waals surface area contributed by atoms with E-state index in [0.717, 1.165) is 6.07 Å². The van der Waals surface area contributed by atoms with Crippen molar-refractivity contribution in [3.05, 3.63) is 28.0 Å². The molecule has 0 unspecified atom stereocenters. The van der Waals surface area contributed by atoms with E-state index in [1.807, 2.05) is 0 Å². The first-order valence-corrected chi connectivity index (χ1v) is 4.56. The highest BCUT2D eigenvalue weighted by Gasteiger charge is 2.39. The Morgan fingerprint density at radius 2 is 2.00 bits per heavy atom. The molecule has 0 aliphatic heterocycles. The molecule has 0 aliphatic carbocycles. The minimum Gasteiger partial charge on any atom is -0.250 e. The summed E-state index contributed by atoms with van der Waals surface area (Å²) < 4.78 is 62.3. The van der Waals surface area contributed by atoms with Crippen LogP contribution in [0.3, 0.4) is 0 Å². The summed E-state index contributed by atoms with van der Waals surface area (Å²) in [6.07, 6.45) is -8.82. The Bertz CT molecular complexity index is 464. The van der Waals surface area contributed by atoms with E-state index >= 15 is 0 Å². The molecule has 1 heterocycles. The van der Waals surface area contributed by atoms with Gasteiger partial charge in [0.2, 0.25) is 0 Å². The quantitative estimate of drug-likeness (QED) is 0.767. The van der Waals surface area contributed by atoms with E-state index in [4.69, 9.17) is 16.9 Å². The first kappa shape index (κ1) is 13.6. The minimum atomic E-state index is -5.01. The molecule has 92 valence electrons. The van der Waals surface area contributed by atoms with Crippen molar-refractivity contribution in [2.45, 2.75) is 19.0 Å². The smallest absolute Gasteiger partial charge is 0.250 e. The average Bonchev–Trinajstić information content (AvgIpc) is 2.14. The molecular formula is C9H4ClF5N2. The van der Waals surface area contributed by atoms with Crippen LogP contribution in [-0.4, -0.2) is 4.98 Å². The standard InChI is InChI=1S/C9H4ClF5N2/c10-5-3-4(1-2-16)17-7(8(11)12)6(5)9(13,14)15/h3,8H,1H2. The van der Waals surface area contributed by atoms with E-state index in [9.17, 15) is 22.0 Å². The van der Waals surface area contributed by atoms with Gasteiger partial charge in [-0.1, -0.05) is 11.6 Å². The van der Waals surface area contributed by atoms with E-state index in [1.54, 1.807) is 6.07 Å². The van der Waals surface area contributed by atoms with Gasteiger partial charge in [0.1, 0.15) is 11.3 Å². The van der Waals surface area contributed by atoms with E-state index in [2.05, 4.69) is 4.98 Å². The van der Waals surface area contributed by atoms with Crippen molar-refractivity contribution in [1.29, 1.82) is 5.26 Å². The van der Waals surface area contributed by atoms with Crippen LogP contribution in [0.25, 0.3) is 0 Å². The Labute approximate surface area is 97.6 Å². The fourth-order valence-electron chi connectivity index (χ4n) is 1.19. The number of hydrogen-bond acceptors (Lipinski definition) is 2. The van der Waals surface area contributed by atoms with Gasteiger partial charge < -0.3 is 0 Å². The zero-order chi connectivity index (χ0) is 13.2. The maximum absolute atomic E-state index is 12.5. The molecule has 0 amide bonds. The molecule has 0 bridgehead atoms. The van der Waals surface area contributed by atoms with Gasteiger partial charge >= 0.3 is 6.18 Å². The lowest BCUT2D eigenvalue weighted by atomic mass is 10.1. The molecule has 17 heavy (non-hydrogen) atoms. The molecule has 0 aliphatic rings. The number of pyridine rings is 1.